The first-order valence-electron chi connectivity index (χ1n) is 8.08. The van der Waals surface area contributed by atoms with Crippen LogP contribution in [0.3, 0.4) is 0 Å². The van der Waals surface area contributed by atoms with Gasteiger partial charge in [-0.15, -0.1) is 0 Å². The number of hydrogen-bond acceptors (Lipinski definition) is 5. The molecule has 0 bridgehead atoms. The van der Waals surface area contributed by atoms with Crippen molar-refractivity contribution in [2.24, 2.45) is 0 Å². The molecule has 4 rings (SSSR count). The van der Waals surface area contributed by atoms with Crippen molar-refractivity contribution >= 4 is 0 Å². The molecule has 0 amide bonds. The molecule has 1 heterocycles. The molecule has 24 heavy (non-hydrogen) atoms. The molecule has 0 spiro atoms. The van der Waals surface area contributed by atoms with E-state index >= 15 is 0 Å². The summed E-state index contributed by atoms with van der Waals surface area (Å²) in [7, 11) is 5.32. The van der Waals surface area contributed by atoms with Gasteiger partial charge in [-0.25, -0.2) is 0 Å². The Morgan fingerprint density at radius 2 is 1.75 bits per heavy atom. The Kier molecular flexibility index (Phi) is 3.35. The molecule has 0 fully saturated rings. The van der Waals surface area contributed by atoms with Crippen LogP contribution < -0.4 is 9.47 Å². The van der Waals surface area contributed by atoms with Crippen molar-refractivity contribution < 1.29 is 19.7 Å². The number of fused-ring (bicyclic) bond motifs is 2. The molecule has 5 heteroatoms. The van der Waals surface area contributed by atoms with Gasteiger partial charge in [-0.05, 0) is 60.3 Å². The molecule has 126 valence electrons. The predicted molar refractivity (Wildman–Crippen MR) is 91.1 cm³/mol. The van der Waals surface area contributed by atoms with Crippen LogP contribution in [0.15, 0.2) is 18.2 Å². The summed E-state index contributed by atoms with van der Waals surface area (Å²) in [4.78, 5) is 2.31. The van der Waals surface area contributed by atoms with E-state index in [2.05, 4.69) is 11.9 Å². The van der Waals surface area contributed by atoms with Gasteiger partial charge < -0.3 is 19.7 Å². The molecule has 2 aliphatic rings. The van der Waals surface area contributed by atoms with E-state index in [1.165, 1.54) is 0 Å². The number of hydrogen-bond donors (Lipinski definition) is 2. The van der Waals surface area contributed by atoms with Crippen molar-refractivity contribution in [1.82, 2.24) is 4.90 Å². The van der Waals surface area contributed by atoms with Crippen LogP contribution in [0.2, 0.25) is 0 Å². The molecule has 0 aromatic heterocycles. The first-order chi connectivity index (χ1) is 11.5. The Bertz CT molecular complexity index is 831. The molecule has 1 atom stereocenters. The van der Waals surface area contributed by atoms with E-state index in [-0.39, 0.29) is 17.5 Å². The first-order valence-corrected chi connectivity index (χ1v) is 8.08. The van der Waals surface area contributed by atoms with Crippen molar-refractivity contribution in [2.75, 3.05) is 27.8 Å². The molecule has 2 N–H and O–H groups in total. The van der Waals surface area contributed by atoms with Crippen LogP contribution in [0.1, 0.15) is 22.7 Å². The van der Waals surface area contributed by atoms with Crippen LogP contribution in [-0.2, 0) is 12.8 Å². The van der Waals surface area contributed by atoms with Gasteiger partial charge in [0.25, 0.3) is 0 Å². The quantitative estimate of drug-likeness (QED) is 0.831. The number of methoxy groups -OCH3 is 2. The normalized spacial score (nSPS) is 18.7. The van der Waals surface area contributed by atoms with E-state index in [0.29, 0.717) is 11.5 Å². The summed E-state index contributed by atoms with van der Waals surface area (Å²) in [6.45, 7) is 0.934. The van der Waals surface area contributed by atoms with E-state index in [1.54, 1.807) is 20.3 Å². The number of rotatable bonds is 2. The highest BCUT2D eigenvalue weighted by Crippen LogP contribution is 2.53. The minimum Gasteiger partial charge on any atom is -0.504 e. The third-order valence-corrected chi connectivity index (χ3v) is 5.30. The fourth-order valence-electron chi connectivity index (χ4n) is 4.05. The highest BCUT2D eigenvalue weighted by Gasteiger charge is 2.36. The molecule has 1 aliphatic heterocycles. The maximum absolute atomic E-state index is 10.6. The second-order valence-electron chi connectivity index (χ2n) is 6.51. The molecule has 0 unspecified atom stereocenters. The second-order valence-corrected chi connectivity index (χ2v) is 6.51. The summed E-state index contributed by atoms with van der Waals surface area (Å²) >= 11 is 0. The average Bonchev–Trinajstić information content (AvgIpc) is 2.59. The Balaban J connectivity index is 2.05. The van der Waals surface area contributed by atoms with Crippen molar-refractivity contribution in [3.8, 4) is 34.1 Å². The monoisotopic (exact) mass is 327 g/mol. The molecule has 0 saturated heterocycles. The number of nitrogens with zero attached hydrogens (tertiary/aromatic N) is 1. The van der Waals surface area contributed by atoms with Gasteiger partial charge in [-0.1, -0.05) is 0 Å². The number of phenolic OH excluding ortho intramolecular Hbond substituents is 2. The van der Waals surface area contributed by atoms with E-state index in [1.807, 2.05) is 12.1 Å². The molecule has 2 aromatic rings. The van der Waals surface area contributed by atoms with Gasteiger partial charge in [0, 0.05) is 18.2 Å². The fraction of sp³-hybridized carbons (Fsp3) is 0.368. The van der Waals surface area contributed by atoms with E-state index in [0.717, 1.165) is 47.2 Å². The summed E-state index contributed by atoms with van der Waals surface area (Å²) in [6, 6.07) is 5.77. The second kappa shape index (κ2) is 5.31. The Labute approximate surface area is 141 Å². The van der Waals surface area contributed by atoms with Crippen LogP contribution >= 0.6 is 0 Å². The minimum absolute atomic E-state index is 0.0535. The van der Waals surface area contributed by atoms with E-state index in [9.17, 15) is 10.2 Å². The van der Waals surface area contributed by atoms with E-state index < -0.39 is 0 Å². The van der Waals surface area contributed by atoms with Crippen molar-refractivity contribution in [2.45, 2.75) is 18.9 Å². The summed E-state index contributed by atoms with van der Waals surface area (Å²) in [5.74, 6) is 1.19. The van der Waals surface area contributed by atoms with Crippen LogP contribution in [-0.4, -0.2) is 42.9 Å². The summed E-state index contributed by atoms with van der Waals surface area (Å²) in [6.07, 6.45) is 1.71. The highest BCUT2D eigenvalue weighted by atomic mass is 16.5. The van der Waals surface area contributed by atoms with E-state index in [4.69, 9.17) is 9.47 Å². The lowest BCUT2D eigenvalue weighted by molar-refractivity contribution is 0.226. The fourth-order valence-corrected chi connectivity index (χ4v) is 4.05. The molecule has 2 aromatic carbocycles. The van der Waals surface area contributed by atoms with Crippen molar-refractivity contribution in [3.05, 3.63) is 34.9 Å². The van der Waals surface area contributed by atoms with Gasteiger partial charge in [0.15, 0.2) is 23.0 Å². The SMILES string of the molecule is COc1cc2c(cc1OC)-c1c(O)c(O)cc3c1[C@@H](C2)N(C)CC3. The van der Waals surface area contributed by atoms with Crippen LogP contribution in [0.25, 0.3) is 11.1 Å². The van der Waals surface area contributed by atoms with Gasteiger partial charge in [0.2, 0.25) is 0 Å². The van der Waals surface area contributed by atoms with Gasteiger partial charge in [-0.3, -0.25) is 4.90 Å². The molecular weight excluding hydrogens is 306 g/mol. The zero-order valence-electron chi connectivity index (χ0n) is 14.1. The average molecular weight is 327 g/mol. The molecule has 0 radical (unpaired) electrons. The lowest BCUT2D eigenvalue weighted by Gasteiger charge is -2.40. The standard InChI is InChI=1S/C19H21NO4/c1-20-5-4-10-7-14(21)19(22)18-12-9-16(24-3)15(23-2)8-11(12)6-13(20)17(10)18/h7-9,13,21-22H,4-6H2,1-3H3/t13-/m1/s1. The van der Waals surface area contributed by atoms with Gasteiger partial charge in [0.05, 0.1) is 14.2 Å². The van der Waals surface area contributed by atoms with Crippen LogP contribution in [0.4, 0.5) is 0 Å². The number of aromatic hydroxyl groups is 2. The Morgan fingerprint density at radius 1 is 1.04 bits per heavy atom. The summed E-state index contributed by atoms with van der Waals surface area (Å²) in [5.41, 5.74) is 4.96. The van der Waals surface area contributed by atoms with Crippen LogP contribution in [0.5, 0.6) is 23.0 Å². The van der Waals surface area contributed by atoms with Gasteiger partial charge >= 0.3 is 0 Å². The number of likely N-dealkylation sites (N-methyl/N-ethyl adjacent to an activating group) is 1. The van der Waals surface area contributed by atoms with Gasteiger partial charge in [0.1, 0.15) is 0 Å². The molecular formula is C19H21NO4. The van der Waals surface area contributed by atoms with Crippen molar-refractivity contribution in [1.29, 1.82) is 0 Å². The largest absolute Gasteiger partial charge is 0.504 e. The maximum atomic E-state index is 10.6. The Morgan fingerprint density at radius 3 is 2.46 bits per heavy atom. The third-order valence-electron chi connectivity index (χ3n) is 5.30. The summed E-state index contributed by atoms with van der Waals surface area (Å²) < 4.78 is 10.9. The molecule has 0 saturated carbocycles. The maximum Gasteiger partial charge on any atom is 0.165 e. The molecule has 1 aliphatic carbocycles. The lowest BCUT2D eigenvalue weighted by Crippen LogP contribution is -2.35. The zero-order valence-corrected chi connectivity index (χ0v) is 14.1. The van der Waals surface area contributed by atoms with Crippen molar-refractivity contribution in [3.63, 3.8) is 0 Å². The van der Waals surface area contributed by atoms with Crippen LogP contribution in [0, 0.1) is 0 Å². The Hall–Kier alpha value is -2.40. The first kappa shape index (κ1) is 15.1. The minimum atomic E-state index is -0.0605. The number of benzene rings is 2. The molecule has 5 nitrogen and oxygen atoms in total. The van der Waals surface area contributed by atoms with Gasteiger partial charge in [-0.2, -0.15) is 0 Å². The predicted octanol–water partition coefficient (Wildman–Crippen LogP) is 2.87. The summed E-state index contributed by atoms with van der Waals surface area (Å²) in [5, 5.41) is 20.8. The number of ether oxygens (including phenoxy) is 2. The smallest absolute Gasteiger partial charge is 0.165 e. The lowest BCUT2D eigenvalue weighted by atomic mass is 9.76. The zero-order chi connectivity index (χ0) is 17.0. The topological polar surface area (TPSA) is 62.2 Å². The third kappa shape index (κ3) is 1.97. The number of phenols is 2. The highest BCUT2D eigenvalue weighted by molar-refractivity contribution is 5.84.